The summed E-state index contributed by atoms with van der Waals surface area (Å²) in [6.07, 6.45) is 5.81. The Morgan fingerprint density at radius 3 is 3.12 bits per heavy atom. The minimum absolute atomic E-state index is 1.04. The van der Waals surface area contributed by atoms with Crippen LogP contribution in [0.25, 0.3) is 10.6 Å². The average molecular weight is 233 g/mol. The molecule has 0 amide bonds. The van der Waals surface area contributed by atoms with Crippen LogP contribution in [0.4, 0.5) is 0 Å². The summed E-state index contributed by atoms with van der Waals surface area (Å²) in [6.45, 7) is 1.04. The molecule has 0 aromatic carbocycles. The summed E-state index contributed by atoms with van der Waals surface area (Å²) >= 11 is 1.69. The topological polar surface area (TPSA) is 37.8 Å². The first-order chi connectivity index (χ1) is 7.90. The minimum atomic E-state index is 1.04. The number of hydrogen-bond acceptors (Lipinski definition) is 4. The van der Waals surface area contributed by atoms with E-state index < -0.39 is 0 Å². The van der Waals surface area contributed by atoms with Gasteiger partial charge in [-0.25, -0.2) is 4.98 Å². The first kappa shape index (κ1) is 11.2. The number of nitrogens with one attached hydrogen (secondary N) is 1. The molecular weight excluding hydrogens is 218 g/mol. The van der Waals surface area contributed by atoms with Gasteiger partial charge in [0.15, 0.2) is 0 Å². The summed E-state index contributed by atoms with van der Waals surface area (Å²) in [5.74, 6) is 0. The summed E-state index contributed by atoms with van der Waals surface area (Å²) < 4.78 is 0. The van der Waals surface area contributed by atoms with Crippen molar-refractivity contribution in [3.63, 3.8) is 0 Å². The van der Waals surface area contributed by atoms with Crippen LogP contribution in [-0.2, 0) is 6.42 Å². The highest BCUT2D eigenvalue weighted by Gasteiger charge is 2.03. The molecule has 2 heterocycles. The van der Waals surface area contributed by atoms with E-state index in [1.54, 1.807) is 17.5 Å². The molecule has 84 valence electrons. The lowest BCUT2D eigenvalue weighted by molar-refractivity contribution is 0.718. The van der Waals surface area contributed by atoms with E-state index in [-0.39, 0.29) is 0 Å². The fourth-order valence-corrected chi connectivity index (χ4v) is 2.33. The highest BCUT2D eigenvalue weighted by molar-refractivity contribution is 7.13. The van der Waals surface area contributed by atoms with Crippen molar-refractivity contribution in [1.82, 2.24) is 15.3 Å². The molecule has 4 heteroatoms. The summed E-state index contributed by atoms with van der Waals surface area (Å²) in [4.78, 5) is 8.71. The van der Waals surface area contributed by atoms with Gasteiger partial charge in [-0.3, -0.25) is 4.98 Å². The normalized spacial score (nSPS) is 10.6. The van der Waals surface area contributed by atoms with Crippen molar-refractivity contribution in [2.45, 2.75) is 12.8 Å². The Labute approximate surface area is 99.6 Å². The van der Waals surface area contributed by atoms with Crippen molar-refractivity contribution < 1.29 is 0 Å². The van der Waals surface area contributed by atoms with E-state index in [2.05, 4.69) is 20.7 Å². The van der Waals surface area contributed by atoms with Gasteiger partial charge in [-0.1, -0.05) is 0 Å². The number of hydrogen-bond donors (Lipinski definition) is 1. The van der Waals surface area contributed by atoms with Crippen LogP contribution in [0.1, 0.15) is 12.1 Å². The van der Waals surface area contributed by atoms with Crippen molar-refractivity contribution in [1.29, 1.82) is 0 Å². The van der Waals surface area contributed by atoms with Crippen molar-refractivity contribution in [3.8, 4) is 10.6 Å². The van der Waals surface area contributed by atoms with E-state index in [9.17, 15) is 0 Å². The van der Waals surface area contributed by atoms with Crippen LogP contribution in [0.3, 0.4) is 0 Å². The Balaban J connectivity index is 2.02. The molecule has 0 aliphatic carbocycles. The van der Waals surface area contributed by atoms with E-state index in [0.717, 1.165) is 30.0 Å². The monoisotopic (exact) mass is 233 g/mol. The molecule has 2 aromatic heterocycles. The lowest BCUT2D eigenvalue weighted by Gasteiger charge is -1.96. The van der Waals surface area contributed by atoms with Crippen LogP contribution in [0, 0.1) is 0 Å². The Morgan fingerprint density at radius 2 is 2.38 bits per heavy atom. The highest BCUT2D eigenvalue weighted by atomic mass is 32.1. The second-order valence-electron chi connectivity index (χ2n) is 3.59. The van der Waals surface area contributed by atoms with E-state index >= 15 is 0 Å². The van der Waals surface area contributed by atoms with E-state index in [0.29, 0.717) is 0 Å². The zero-order valence-corrected chi connectivity index (χ0v) is 10.1. The summed E-state index contributed by atoms with van der Waals surface area (Å²) in [6, 6.07) is 3.99. The molecule has 0 bridgehead atoms. The first-order valence-electron chi connectivity index (χ1n) is 5.39. The zero-order valence-electron chi connectivity index (χ0n) is 9.31. The Morgan fingerprint density at radius 1 is 1.44 bits per heavy atom. The van der Waals surface area contributed by atoms with Gasteiger partial charge in [-0.2, -0.15) is 0 Å². The first-order valence-corrected chi connectivity index (χ1v) is 6.27. The van der Waals surface area contributed by atoms with Gasteiger partial charge in [-0.05, 0) is 38.6 Å². The molecule has 0 atom stereocenters. The fourth-order valence-electron chi connectivity index (χ4n) is 1.49. The van der Waals surface area contributed by atoms with Crippen LogP contribution in [0.5, 0.6) is 0 Å². The molecular formula is C12H15N3S. The Kier molecular flexibility index (Phi) is 4.02. The van der Waals surface area contributed by atoms with Gasteiger partial charge in [0.05, 0.1) is 5.69 Å². The minimum Gasteiger partial charge on any atom is -0.320 e. The molecule has 2 rings (SSSR count). The van der Waals surface area contributed by atoms with Crippen molar-refractivity contribution in [2.24, 2.45) is 0 Å². The van der Waals surface area contributed by atoms with Crippen molar-refractivity contribution >= 4 is 11.3 Å². The molecule has 0 saturated carbocycles. The van der Waals surface area contributed by atoms with E-state index in [4.69, 9.17) is 0 Å². The molecule has 0 aliphatic heterocycles. The van der Waals surface area contributed by atoms with Gasteiger partial charge < -0.3 is 5.32 Å². The average Bonchev–Trinajstić information content (AvgIpc) is 2.79. The van der Waals surface area contributed by atoms with E-state index in [1.165, 1.54) is 5.69 Å². The fraction of sp³-hybridized carbons (Fsp3) is 0.333. The summed E-state index contributed by atoms with van der Waals surface area (Å²) in [7, 11) is 1.97. The molecule has 0 aliphatic rings. The maximum atomic E-state index is 4.60. The summed E-state index contributed by atoms with van der Waals surface area (Å²) in [5, 5.41) is 6.34. The van der Waals surface area contributed by atoms with Gasteiger partial charge in [0.2, 0.25) is 0 Å². The molecule has 0 fully saturated rings. The molecule has 0 radical (unpaired) electrons. The second kappa shape index (κ2) is 5.72. The highest BCUT2D eigenvalue weighted by Crippen LogP contribution is 2.22. The standard InChI is InChI=1S/C12H15N3S/c1-13-6-3-5-11-9-16-12(15-11)10-4-2-7-14-8-10/h2,4,7-9,13H,3,5-6H2,1H3. The smallest absolute Gasteiger partial charge is 0.125 e. The van der Waals surface area contributed by atoms with Crippen LogP contribution in [-0.4, -0.2) is 23.6 Å². The number of thiazole rings is 1. The van der Waals surface area contributed by atoms with Gasteiger partial charge in [0.1, 0.15) is 5.01 Å². The van der Waals surface area contributed by atoms with Crippen LogP contribution in [0.2, 0.25) is 0 Å². The van der Waals surface area contributed by atoms with Gasteiger partial charge >= 0.3 is 0 Å². The number of pyridine rings is 1. The van der Waals surface area contributed by atoms with Crippen LogP contribution in [0.15, 0.2) is 29.9 Å². The number of aryl methyl sites for hydroxylation is 1. The zero-order chi connectivity index (χ0) is 11.2. The third kappa shape index (κ3) is 2.87. The molecule has 1 N–H and O–H groups in total. The van der Waals surface area contributed by atoms with Crippen molar-refractivity contribution in [2.75, 3.05) is 13.6 Å². The molecule has 0 spiro atoms. The van der Waals surface area contributed by atoms with E-state index in [1.807, 2.05) is 25.4 Å². The lowest BCUT2D eigenvalue weighted by Crippen LogP contribution is -2.08. The van der Waals surface area contributed by atoms with Gasteiger partial charge in [0.25, 0.3) is 0 Å². The Hall–Kier alpha value is -1.26. The predicted octanol–water partition coefficient (Wildman–Crippen LogP) is 2.36. The predicted molar refractivity (Wildman–Crippen MR) is 67.6 cm³/mol. The maximum Gasteiger partial charge on any atom is 0.125 e. The summed E-state index contributed by atoms with van der Waals surface area (Å²) in [5.41, 5.74) is 2.28. The largest absolute Gasteiger partial charge is 0.320 e. The third-order valence-electron chi connectivity index (χ3n) is 2.32. The molecule has 3 nitrogen and oxygen atoms in total. The molecule has 2 aromatic rings. The molecule has 0 unspecified atom stereocenters. The lowest BCUT2D eigenvalue weighted by atomic mass is 10.2. The SMILES string of the molecule is CNCCCc1csc(-c2cccnc2)n1. The second-order valence-corrected chi connectivity index (χ2v) is 4.45. The third-order valence-corrected chi connectivity index (χ3v) is 3.26. The van der Waals surface area contributed by atoms with Gasteiger partial charge in [0, 0.05) is 23.3 Å². The number of nitrogens with zero attached hydrogens (tertiary/aromatic N) is 2. The van der Waals surface area contributed by atoms with Gasteiger partial charge in [-0.15, -0.1) is 11.3 Å². The van der Waals surface area contributed by atoms with Crippen LogP contribution >= 0.6 is 11.3 Å². The van der Waals surface area contributed by atoms with Crippen molar-refractivity contribution in [3.05, 3.63) is 35.6 Å². The number of rotatable bonds is 5. The quantitative estimate of drug-likeness (QED) is 0.806. The maximum absolute atomic E-state index is 4.60. The van der Waals surface area contributed by atoms with Crippen LogP contribution < -0.4 is 5.32 Å². The number of aromatic nitrogens is 2. The molecule has 16 heavy (non-hydrogen) atoms. The molecule has 0 saturated heterocycles. The Bertz CT molecular complexity index is 425.